The summed E-state index contributed by atoms with van der Waals surface area (Å²) in [5.74, 6) is 0.129. The van der Waals surface area contributed by atoms with Crippen molar-refractivity contribution in [2.75, 3.05) is 38.2 Å². The van der Waals surface area contributed by atoms with Crippen molar-refractivity contribution in [2.24, 2.45) is 5.92 Å². The Morgan fingerprint density at radius 2 is 1.83 bits per heavy atom. The van der Waals surface area contributed by atoms with Gasteiger partial charge >= 0.3 is 0 Å². The summed E-state index contributed by atoms with van der Waals surface area (Å²) < 4.78 is 24.0. The second-order valence-corrected chi connectivity index (χ2v) is 6.09. The number of benzene rings is 1. The lowest BCUT2D eigenvalue weighted by Gasteiger charge is -2.33. The highest BCUT2D eigenvalue weighted by Gasteiger charge is 2.30. The number of hydrogen-bond donors (Lipinski definition) is 1. The lowest BCUT2D eigenvalue weighted by Crippen LogP contribution is -2.39. The van der Waals surface area contributed by atoms with Gasteiger partial charge in [0.15, 0.2) is 6.29 Å². The van der Waals surface area contributed by atoms with Crippen LogP contribution in [0, 0.1) is 11.7 Å². The Morgan fingerprint density at radius 1 is 1.17 bits per heavy atom. The molecule has 1 amide bonds. The van der Waals surface area contributed by atoms with Gasteiger partial charge in [-0.2, -0.15) is 0 Å². The third-order valence-electron chi connectivity index (χ3n) is 4.45. The number of carbonyl (C=O) groups is 1. The predicted octanol–water partition coefficient (Wildman–Crippen LogP) is 2.24. The van der Waals surface area contributed by atoms with Crippen molar-refractivity contribution in [3.05, 3.63) is 30.1 Å². The fraction of sp³-hybridized carbons (Fsp3) is 0.588. The molecule has 1 N–H and O–H groups in total. The third-order valence-corrected chi connectivity index (χ3v) is 4.45. The molecule has 23 heavy (non-hydrogen) atoms. The number of anilines is 1. The van der Waals surface area contributed by atoms with E-state index in [1.54, 1.807) is 12.1 Å². The summed E-state index contributed by atoms with van der Waals surface area (Å²) >= 11 is 0. The van der Waals surface area contributed by atoms with Gasteiger partial charge in [0.25, 0.3) is 0 Å². The van der Waals surface area contributed by atoms with Crippen LogP contribution < -0.4 is 5.32 Å². The second-order valence-electron chi connectivity index (χ2n) is 6.09. The van der Waals surface area contributed by atoms with Crippen molar-refractivity contribution in [3.63, 3.8) is 0 Å². The van der Waals surface area contributed by atoms with Crippen molar-refractivity contribution in [1.29, 1.82) is 0 Å². The van der Waals surface area contributed by atoms with Crippen LogP contribution in [0.5, 0.6) is 0 Å². The molecule has 3 rings (SSSR count). The second kappa shape index (κ2) is 7.86. The first-order chi connectivity index (χ1) is 11.2. The number of carbonyl (C=O) groups excluding carboxylic acids is 1. The molecule has 5 nitrogen and oxygen atoms in total. The van der Waals surface area contributed by atoms with Crippen LogP contribution in [0.15, 0.2) is 24.3 Å². The number of rotatable bonds is 5. The van der Waals surface area contributed by atoms with Gasteiger partial charge in [0, 0.05) is 24.6 Å². The van der Waals surface area contributed by atoms with Crippen LogP contribution in [0.2, 0.25) is 0 Å². The van der Waals surface area contributed by atoms with E-state index < -0.39 is 0 Å². The Bertz CT molecular complexity index is 509. The van der Waals surface area contributed by atoms with Crippen molar-refractivity contribution >= 4 is 11.6 Å². The van der Waals surface area contributed by atoms with Crippen LogP contribution >= 0.6 is 0 Å². The first-order valence-corrected chi connectivity index (χ1v) is 8.22. The van der Waals surface area contributed by atoms with E-state index in [-0.39, 0.29) is 18.0 Å². The zero-order valence-electron chi connectivity index (χ0n) is 13.2. The van der Waals surface area contributed by atoms with Gasteiger partial charge in [-0.1, -0.05) is 0 Å². The minimum absolute atomic E-state index is 0.0288. The molecule has 0 radical (unpaired) electrons. The fourth-order valence-corrected chi connectivity index (χ4v) is 3.11. The number of nitrogens with zero attached hydrogens (tertiary/aromatic N) is 1. The number of hydrogen-bond acceptors (Lipinski definition) is 4. The number of amides is 1. The zero-order valence-corrected chi connectivity index (χ0v) is 13.2. The third kappa shape index (κ3) is 4.73. The van der Waals surface area contributed by atoms with Gasteiger partial charge in [-0.05, 0) is 50.2 Å². The van der Waals surface area contributed by atoms with Crippen LogP contribution in [0.3, 0.4) is 0 Å². The largest absolute Gasteiger partial charge is 0.350 e. The average molecular weight is 322 g/mol. The number of halogens is 1. The molecule has 126 valence electrons. The maximum atomic E-state index is 12.8. The molecule has 1 aromatic rings. The smallest absolute Gasteiger partial charge is 0.225 e. The Balaban J connectivity index is 1.36. The molecule has 2 aliphatic rings. The Hall–Kier alpha value is -1.50. The van der Waals surface area contributed by atoms with E-state index in [1.165, 1.54) is 12.1 Å². The Kier molecular flexibility index (Phi) is 5.59. The number of nitrogens with one attached hydrogen (secondary N) is 1. The summed E-state index contributed by atoms with van der Waals surface area (Å²) in [5.41, 5.74) is 0.630. The summed E-state index contributed by atoms with van der Waals surface area (Å²) in [7, 11) is 0. The molecular weight excluding hydrogens is 299 g/mol. The van der Waals surface area contributed by atoms with E-state index in [9.17, 15) is 9.18 Å². The highest BCUT2D eigenvalue weighted by Crippen LogP contribution is 2.25. The Morgan fingerprint density at radius 3 is 2.48 bits per heavy atom. The van der Waals surface area contributed by atoms with Gasteiger partial charge in [0.05, 0.1) is 13.2 Å². The lowest BCUT2D eigenvalue weighted by atomic mass is 9.96. The molecule has 2 fully saturated rings. The molecule has 6 heteroatoms. The van der Waals surface area contributed by atoms with E-state index in [0.717, 1.165) is 32.5 Å². The number of piperidine rings is 1. The van der Waals surface area contributed by atoms with E-state index >= 15 is 0 Å². The molecule has 1 aromatic carbocycles. The quantitative estimate of drug-likeness (QED) is 0.903. The number of likely N-dealkylation sites (tertiary alicyclic amines) is 1. The minimum atomic E-state index is -0.305. The van der Waals surface area contributed by atoms with Crippen molar-refractivity contribution < 1.29 is 18.7 Å². The van der Waals surface area contributed by atoms with Gasteiger partial charge in [0.1, 0.15) is 5.82 Å². The maximum Gasteiger partial charge on any atom is 0.225 e. The van der Waals surface area contributed by atoms with Crippen molar-refractivity contribution in [3.8, 4) is 0 Å². The van der Waals surface area contributed by atoms with E-state index in [4.69, 9.17) is 9.47 Å². The van der Waals surface area contributed by atoms with Gasteiger partial charge in [-0.3, -0.25) is 4.79 Å². The van der Waals surface area contributed by atoms with Gasteiger partial charge < -0.3 is 19.7 Å². The lowest BCUT2D eigenvalue weighted by molar-refractivity contribution is -0.117. The fourth-order valence-electron chi connectivity index (χ4n) is 3.11. The molecule has 2 heterocycles. The van der Waals surface area contributed by atoms with Gasteiger partial charge in [-0.15, -0.1) is 0 Å². The maximum absolute atomic E-state index is 12.8. The summed E-state index contributed by atoms with van der Waals surface area (Å²) in [4.78, 5) is 14.2. The van der Waals surface area contributed by atoms with Crippen LogP contribution in [0.1, 0.15) is 19.3 Å². The summed E-state index contributed by atoms with van der Waals surface area (Å²) in [6, 6.07) is 5.82. The molecule has 0 aliphatic carbocycles. The zero-order chi connectivity index (χ0) is 16.1. The predicted molar refractivity (Wildman–Crippen MR) is 84.5 cm³/mol. The van der Waals surface area contributed by atoms with Crippen molar-refractivity contribution in [1.82, 2.24) is 4.90 Å². The monoisotopic (exact) mass is 322 g/mol. The normalized spacial score (nSPS) is 20.7. The highest BCUT2D eigenvalue weighted by molar-refractivity contribution is 5.90. The minimum Gasteiger partial charge on any atom is -0.350 e. The first kappa shape index (κ1) is 16.4. The van der Waals surface area contributed by atoms with E-state index in [0.29, 0.717) is 31.2 Å². The SMILES string of the molecule is O=C(CCN1CCC(C2OCCO2)CC1)Nc1ccc(F)cc1. The standard InChI is InChI=1S/C17H23FN2O3/c18-14-1-3-15(4-2-14)19-16(21)7-10-20-8-5-13(6-9-20)17-22-11-12-23-17/h1-4,13,17H,5-12H2,(H,19,21). The van der Waals surface area contributed by atoms with Crippen LogP contribution in [-0.4, -0.2) is 49.9 Å². The van der Waals surface area contributed by atoms with E-state index in [2.05, 4.69) is 10.2 Å². The average Bonchev–Trinajstić information content (AvgIpc) is 3.10. The topological polar surface area (TPSA) is 50.8 Å². The summed E-state index contributed by atoms with van der Waals surface area (Å²) in [6.45, 7) is 4.09. The highest BCUT2D eigenvalue weighted by atomic mass is 19.1. The molecule has 2 saturated heterocycles. The molecule has 0 unspecified atom stereocenters. The summed E-state index contributed by atoms with van der Waals surface area (Å²) in [5, 5.41) is 2.79. The molecule has 0 aromatic heterocycles. The first-order valence-electron chi connectivity index (χ1n) is 8.22. The summed E-state index contributed by atoms with van der Waals surface area (Å²) in [6.07, 6.45) is 2.51. The van der Waals surface area contributed by atoms with Crippen LogP contribution in [-0.2, 0) is 14.3 Å². The molecule has 0 saturated carbocycles. The van der Waals surface area contributed by atoms with E-state index in [1.807, 2.05) is 0 Å². The van der Waals surface area contributed by atoms with Crippen molar-refractivity contribution in [2.45, 2.75) is 25.6 Å². The Labute approximate surface area is 135 Å². The van der Waals surface area contributed by atoms with Gasteiger partial charge in [0.2, 0.25) is 5.91 Å². The van der Waals surface area contributed by atoms with Crippen LogP contribution in [0.25, 0.3) is 0 Å². The van der Waals surface area contributed by atoms with Gasteiger partial charge in [-0.25, -0.2) is 4.39 Å². The number of ether oxygens (including phenoxy) is 2. The molecule has 2 aliphatic heterocycles. The molecule has 0 spiro atoms. The van der Waals surface area contributed by atoms with Crippen LogP contribution in [0.4, 0.5) is 10.1 Å². The molecule has 0 atom stereocenters. The molecular formula is C17H23FN2O3. The molecule has 0 bridgehead atoms.